The van der Waals surface area contributed by atoms with Crippen molar-refractivity contribution in [3.8, 4) is 0 Å². The Morgan fingerprint density at radius 1 is 0.816 bits per heavy atom. The number of carbonyl (C=O) groups is 2. The Kier molecular flexibility index (Phi) is 7.52. The van der Waals surface area contributed by atoms with Gasteiger partial charge in [0.05, 0.1) is 5.54 Å². The maximum Gasteiger partial charge on any atom is 0.410 e. The fourth-order valence-electron chi connectivity index (χ4n) is 5.42. The number of rotatable bonds is 5. The van der Waals surface area contributed by atoms with Crippen LogP contribution in [0.2, 0.25) is 0 Å². The molecule has 5 rings (SSSR count). The maximum atomic E-state index is 12.7. The molecule has 38 heavy (non-hydrogen) atoms. The van der Waals surface area contributed by atoms with Crippen LogP contribution in [0.3, 0.4) is 0 Å². The third-order valence-electron chi connectivity index (χ3n) is 7.59. The van der Waals surface area contributed by atoms with Crippen molar-refractivity contribution in [2.24, 2.45) is 0 Å². The number of amides is 2. The normalized spacial score (nSPS) is 19.4. The van der Waals surface area contributed by atoms with E-state index in [9.17, 15) is 9.59 Å². The molecule has 2 aromatic carbocycles. The average molecular weight is 521 g/mol. The number of benzene rings is 2. The van der Waals surface area contributed by atoms with E-state index in [1.165, 1.54) is 11.3 Å². The second-order valence-corrected chi connectivity index (χ2v) is 11.8. The zero-order valence-electron chi connectivity index (χ0n) is 22.9. The van der Waals surface area contributed by atoms with Crippen LogP contribution < -0.4 is 4.90 Å². The molecule has 2 amide bonds. The third kappa shape index (κ3) is 6.41. The first-order valence-electron chi connectivity index (χ1n) is 13.7. The molecular formula is C30H40N4O4. The number of anilines is 1. The summed E-state index contributed by atoms with van der Waals surface area (Å²) in [6.07, 6.45) is 1.74. The van der Waals surface area contributed by atoms with Gasteiger partial charge in [-0.2, -0.15) is 0 Å². The molecule has 1 spiro atoms. The van der Waals surface area contributed by atoms with Gasteiger partial charge in [-0.15, -0.1) is 0 Å². The van der Waals surface area contributed by atoms with Crippen LogP contribution in [0.25, 0.3) is 0 Å². The minimum Gasteiger partial charge on any atom is -0.445 e. The number of ether oxygens (including phenoxy) is 2. The average Bonchev–Trinajstić information content (AvgIpc) is 3.66. The van der Waals surface area contributed by atoms with Gasteiger partial charge in [-0.05, 0) is 56.9 Å². The number of hydrogen-bond acceptors (Lipinski definition) is 6. The molecule has 0 N–H and O–H groups in total. The van der Waals surface area contributed by atoms with Crippen molar-refractivity contribution in [3.63, 3.8) is 0 Å². The van der Waals surface area contributed by atoms with Crippen molar-refractivity contribution >= 4 is 17.9 Å². The summed E-state index contributed by atoms with van der Waals surface area (Å²) in [4.78, 5) is 33.7. The minimum absolute atomic E-state index is 0.0273. The molecule has 0 unspecified atom stereocenters. The molecule has 8 heteroatoms. The highest BCUT2D eigenvalue weighted by Crippen LogP contribution is 2.46. The molecule has 2 saturated heterocycles. The van der Waals surface area contributed by atoms with Gasteiger partial charge >= 0.3 is 12.2 Å². The van der Waals surface area contributed by atoms with Crippen molar-refractivity contribution in [1.82, 2.24) is 14.7 Å². The van der Waals surface area contributed by atoms with Crippen LogP contribution in [-0.2, 0) is 22.6 Å². The summed E-state index contributed by atoms with van der Waals surface area (Å²) in [5.74, 6) is 0. The van der Waals surface area contributed by atoms with E-state index in [2.05, 4.69) is 34.1 Å². The molecule has 3 fully saturated rings. The summed E-state index contributed by atoms with van der Waals surface area (Å²) in [6, 6.07) is 18.6. The van der Waals surface area contributed by atoms with E-state index >= 15 is 0 Å². The van der Waals surface area contributed by atoms with Crippen molar-refractivity contribution < 1.29 is 19.1 Å². The molecular weight excluding hydrogens is 480 g/mol. The third-order valence-corrected chi connectivity index (χ3v) is 7.59. The predicted molar refractivity (Wildman–Crippen MR) is 147 cm³/mol. The predicted octanol–water partition coefficient (Wildman–Crippen LogP) is 4.73. The van der Waals surface area contributed by atoms with Gasteiger partial charge in [0.25, 0.3) is 0 Å². The summed E-state index contributed by atoms with van der Waals surface area (Å²) in [5, 5.41) is 0. The Hall–Kier alpha value is -3.26. The molecule has 204 valence electrons. The highest BCUT2D eigenvalue weighted by atomic mass is 16.6. The Morgan fingerprint density at radius 3 is 2.18 bits per heavy atom. The van der Waals surface area contributed by atoms with E-state index < -0.39 is 5.60 Å². The zero-order valence-corrected chi connectivity index (χ0v) is 22.9. The molecule has 0 aromatic heterocycles. The topological polar surface area (TPSA) is 65.6 Å². The zero-order chi connectivity index (χ0) is 26.8. The molecule has 8 nitrogen and oxygen atoms in total. The fourth-order valence-corrected chi connectivity index (χ4v) is 5.42. The van der Waals surface area contributed by atoms with Gasteiger partial charge in [-0.3, -0.25) is 4.90 Å². The van der Waals surface area contributed by atoms with Crippen LogP contribution in [-0.4, -0.2) is 83.8 Å². The van der Waals surface area contributed by atoms with Gasteiger partial charge in [-0.1, -0.05) is 42.5 Å². The molecule has 2 aliphatic heterocycles. The molecule has 2 heterocycles. The summed E-state index contributed by atoms with van der Waals surface area (Å²) in [7, 11) is 0. The van der Waals surface area contributed by atoms with E-state index in [0.29, 0.717) is 32.8 Å². The van der Waals surface area contributed by atoms with Crippen molar-refractivity contribution in [2.75, 3.05) is 50.7 Å². The second-order valence-electron chi connectivity index (χ2n) is 11.8. The number of carbonyl (C=O) groups excluding carboxylic acids is 2. The van der Waals surface area contributed by atoms with Gasteiger partial charge in [-0.25, -0.2) is 9.59 Å². The van der Waals surface area contributed by atoms with Crippen LogP contribution in [0.1, 0.15) is 44.7 Å². The van der Waals surface area contributed by atoms with E-state index in [1.807, 2.05) is 56.0 Å². The van der Waals surface area contributed by atoms with Crippen LogP contribution >= 0.6 is 0 Å². The summed E-state index contributed by atoms with van der Waals surface area (Å²) in [5.41, 5.74) is 3.05. The highest BCUT2D eigenvalue weighted by Gasteiger charge is 2.52. The lowest BCUT2D eigenvalue weighted by molar-refractivity contribution is 0.0205. The minimum atomic E-state index is -0.479. The fraction of sp³-hybridized carbons (Fsp3) is 0.533. The first kappa shape index (κ1) is 26.4. The van der Waals surface area contributed by atoms with Crippen molar-refractivity contribution in [1.29, 1.82) is 0 Å². The highest BCUT2D eigenvalue weighted by molar-refractivity contribution is 5.70. The molecule has 1 saturated carbocycles. The van der Waals surface area contributed by atoms with E-state index in [0.717, 1.165) is 44.6 Å². The Labute approximate surface area is 226 Å². The van der Waals surface area contributed by atoms with Gasteiger partial charge < -0.3 is 24.2 Å². The van der Waals surface area contributed by atoms with Gasteiger partial charge in [0.2, 0.25) is 0 Å². The van der Waals surface area contributed by atoms with E-state index in [4.69, 9.17) is 9.47 Å². The summed E-state index contributed by atoms with van der Waals surface area (Å²) >= 11 is 0. The van der Waals surface area contributed by atoms with Crippen LogP contribution in [0.5, 0.6) is 0 Å². The van der Waals surface area contributed by atoms with E-state index in [-0.39, 0.29) is 17.7 Å². The first-order chi connectivity index (χ1) is 18.2. The molecule has 3 aliphatic rings. The van der Waals surface area contributed by atoms with Gasteiger partial charge in [0.1, 0.15) is 12.2 Å². The molecule has 0 bridgehead atoms. The van der Waals surface area contributed by atoms with Crippen LogP contribution in [0.4, 0.5) is 15.3 Å². The SMILES string of the molecule is CC(C)(C)OC(=O)N1CCN(c2cccc(CN3CCN(C(=O)OCc4ccccc4)CC3)c2)C2(CC2)C1. The van der Waals surface area contributed by atoms with Crippen LogP contribution in [0, 0.1) is 0 Å². The largest absolute Gasteiger partial charge is 0.445 e. The van der Waals surface area contributed by atoms with Crippen molar-refractivity contribution in [2.45, 2.75) is 57.9 Å². The van der Waals surface area contributed by atoms with E-state index in [1.54, 1.807) is 4.90 Å². The Bertz CT molecular complexity index is 1120. The van der Waals surface area contributed by atoms with Gasteiger partial charge in [0.15, 0.2) is 0 Å². The van der Waals surface area contributed by atoms with Gasteiger partial charge in [0, 0.05) is 58.0 Å². The number of piperazine rings is 2. The molecule has 2 aromatic rings. The molecule has 1 aliphatic carbocycles. The quantitative estimate of drug-likeness (QED) is 0.568. The number of hydrogen-bond donors (Lipinski definition) is 0. The smallest absolute Gasteiger partial charge is 0.410 e. The first-order valence-corrected chi connectivity index (χ1v) is 13.7. The Balaban J connectivity index is 1.12. The van der Waals surface area contributed by atoms with Crippen molar-refractivity contribution in [3.05, 3.63) is 65.7 Å². The molecule has 0 atom stereocenters. The lowest BCUT2D eigenvalue weighted by Gasteiger charge is -2.44. The monoisotopic (exact) mass is 520 g/mol. The number of nitrogens with zero attached hydrogens (tertiary/aromatic N) is 4. The maximum absolute atomic E-state index is 12.7. The standard InChI is InChI=1S/C30H40N4O4/c1-29(2,3)38-28(36)33-18-19-34(30(23-33)12-13-30)26-11-7-10-25(20-26)21-31-14-16-32(17-15-31)27(35)37-22-24-8-5-4-6-9-24/h4-11,20H,12-19,21-23H2,1-3H3. The molecule has 0 radical (unpaired) electrons. The summed E-state index contributed by atoms with van der Waals surface area (Å²) in [6.45, 7) is 12.1. The van der Waals surface area contributed by atoms with Crippen LogP contribution in [0.15, 0.2) is 54.6 Å². The lowest BCUT2D eigenvalue weighted by Crippen LogP contribution is -2.57. The second kappa shape index (κ2) is 10.8. The summed E-state index contributed by atoms with van der Waals surface area (Å²) < 4.78 is 11.1. The lowest BCUT2D eigenvalue weighted by atomic mass is 10.1. The Morgan fingerprint density at radius 2 is 1.50 bits per heavy atom.